The molecule has 0 aliphatic heterocycles. The summed E-state index contributed by atoms with van der Waals surface area (Å²) in [6, 6.07) is 27.5. The molecule has 0 spiro atoms. The molecule has 0 radical (unpaired) electrons. The molecule has 0 amide bonds. The lowest BCUT2D eigenvalue weighted by atomic mass is 9.98. The normalized spacial score (nSPS) is 10.8. The molecule has 0 atom stereocenters. The lowest BCUT2D eigenvalue weighted by molar-refractivity contribution is 0.305. The highest BCUT2D eigenvalue weighted by molar-refractivity contribution is 5.77. The van der Waals surface area contributed by atoms with Gasteiger partial charge in [-0.3, -0.25) is 0 Å². The summed E-state index contributed by atoms with van der Waals surface area (Å²) in [5, 5.41) is 0. The van der Waals surface area contributed by atoms with E-state index in [-0.39, 0.29) is 0 Å². The maximum Gasteiger partial charge on any atom is 0.127 e. The Bertz CT molecular complexity index is 814. The molecule has 0 saturated heterocycles. The van der Waals surface area contributed by atoms with Gasteiger partial charge in [0.15, 0.2) is 0 Å². The van der Waals surface area contributed by atoms with Crippen LogP contribution in [0.3, 0.4) is 0 Å². The molecule has 146 valence electrons. The van der Waals surface area contributed by atoms with E-state index in [4.69, 9.17) is 10.5 Å². The maximum atomic E-state index is 6.19. The Labute approximate surface area is 169 Å². The molecule has 0 aromatic heterocycles. The molecule has 2 heteroatoms. The van der Waals surface area contributed by atoms with Crippen LogP contribution >= 0.6 is 0 Å². The van der Waals surface area contributed by atoms with E-state index in [1.165, 1.54) is 42.4 Å². The maximum absolute atomic E-state index is 6.19. The van der Waals surface area contributed by atoms with Gasteiger partial charge in [-0.1, -0.05) is 92.4 Å². The van der Waals surface area contributed by atoms with Gasteiger partial charge in [0.1, 0.15) is 5.75 Å². The van der Waals surface area contributed by atoms with Crippen molar-refractivity contribution in [1.29, 1.82) is 0 Å². The van der Waals surface area contributed by atoms with Gasteiger partial charge in [0.05, 0.1) is 6.61 Å². The van der Waals surface area contributed by atoms with Gasteiger partial charge in [-0.2, -0.15) is 0 Å². The van der Waals surface area contributed by atoms with E-state index < -0.39 is 0 Å². The van der Waals surface area contributed by atoms with Crippen LogP contribution in [0.15, 0.2) is 78.9 Å². The van der Waals surface area contributed by atoms with Crippen molar-refractivity contribution in [3.8, 4) is 28.0 Å². The predicted octanol–water partition coefficient (Wildman–Crippen LogP) is 6.70. The van der Waals surface area contributed by atoms with E-state index in [2.05, 4.69) is 78.9 Å². The van der Waals surface area contributed by atoms with Gasteiger partial charge < -0.3 is 10.5 Å². The summed E-state index contributed by atoms with van der Waals surface area (Å²) in [4.78, 5) is 0. The van der Waals surface area contributed by atoms with E-state index in [0.29, 0.717) is 0 Å². The minimum absolute atomic E-state index is 0.765. The largest absolute Gasteiger partial charge is 0.493 e. The fourth-order valence-electron chi connectivity index (χ4n) is 3.44. The number of nitrogens with two attached hydrogens (primary N) is 1. The first-order valence-corrected chi connectivity index (χ1v) is 10.5. The van der Waals surface area contributed by atoms with Gasteiger partial charge in [0.25, 0.3) is 0 Å². The lowest BCUT2D eigenvalue weighted by Crippen LogP contribution is -2.00. The van der Waals surface area contributed by atoms with Crippen molar-refractivity contribution in [1.82, 2.24) is 0 Å². The second-order valence-corrected chi connectivity index (χ2v) is 7.20. The first kappa shape index (κ1) is 20.2. The molecular weight excluding hydrogens is 342 g/mol. The van der Waals surface area contributed by atoms with Gasteiger partial charge in [-0.05, 0) is 48.2 Å². The minimum atomic E-state index is 0.765. The fourth-order valence-corrected chi connectivity index (χ4v) is 3.44. The summed E-state index contributed by atoms with van der Waals surface area (Å²) < 4.78 is 6.19. The Morgan fingerprint density at radius 2 is 1.18 bits per heavy atom. The summed E-state index contributed by atoms with van der Waals surface area (Å²) in [6.07, 6.45) is 7.24. The predicted molar refractivity (Wildman–Crippen MR) is 120 cm³/mol. The molecule has 3 aromatic rings. The molecule has 2 nitrogen and oxygen atoms in total. The monoisotopic (exact) mass is 373 g/mol. The summed E-state index contributed by atoms with van der Waals surface area (Å²) in [7, 11) is 0. The molecule has 0 bridgehead atoms. The summed E-state index contributed by atoms with van der Waals surface area (Å²) in [5.41, 5.74) is 10.3. The third-order valence-electron chi connectivity index (χ3n) is 5.03. The van der Waals surface area contributed by atoms with Crippen LogP contribution in [-0.4, -0.2) is 13.2 Å². The Kier molecular flexibility index (Phi) is 8.14. The second-order valence-electron chi connectivity index (χ2n) is 7.20. The van der Waals surface area contributed by atoms with E-state index >= 15 is 0 Å². The topological polar surface area (TPSA) is 35.2 Å². The van der Waals surface area contributed by atoms with Crippen molar-refractivity contribution in [2.24, 2.45) is 5.73 Å². The molecule has 0 saturated carbocycles. The van der Waals surface area contributed by atoms with E-state index in [0.717, 1.165) is 37.3 Å². The zero-order valence-corrected chi connectivity index (χ0v) is 16.6. The van der Waals surface area contributed by atoms with Crippen molar-refractivity contribution < 1.29 is 4.74 Å². The average molecular weight is 374 g/mol. The zero-order valence-electron chi connectivity index (χ0n) is 16.6. The third kappa shape index (κ3) is 5.97. The molecule has 0 unspecified atom stereocenters. The molecule has 0 aliphatic rings. The van der Waals surface area contributed by atoms with Crippen LogP contribution in [0, 0.1) is 0 Å². The Hall–Kier alpha value is -2.58. The number of unbranched alkanes of at least 4 members (excludes halogenated alkanes) is 5. The Morgan fingerprint density at radius 3 is 1.86 bits per heavy atom. The standard InChI is InChI=1S/C26H31NO/c27-19-11-3-1-2-4-12-20-28-26-18-17-24(22-13-7-5-8-14-22)21-25(26)23-15-9-6-10-16-23/h5-10,13-18,21H,1-4,11-12,19-20,27H2. The quantitative estimate of drug-likeness (QED) is 0.380. The van der Waals surface area contributed by atoms with Crippen molar-refractivity contribution in [2.45, 2.75) is 38.5 Å². The molecule has 0 aliphatic carbocycles. The van der Waals surface area contributed by atoms with Crippen LogP contribution in [0.4, 0.5) is 0 Å². The van der Waals surface area contributed by atoms with Crippen LogP contribution < -0.4 is 10.5 Å². The molecule has 3 rings (SSSR count). The molecule has 0 heterocycles. The van der Waals surface area contributed by atoms with Crippen molar-refractivity contribution in [3.05, 3.63) is 78.9 Å². The number of ether oxygens (including phenoxy) is 1. The van der Waals surface area contributed by atoms with E-state index in [1.54, 1.807) is 0 Å². The number of rotatable bonds is 11. The average Bonchev–Trinajstić information content (AvgIpc) is 2.77. The van der Waals surface area contributed by atoms with Crippen LogP contribution in [0.1, 0.15) is 38.5 Å². The summed E-state index contributed by atoms with van der Waals surface area (Å²) in [5.74, 6) is 0.967. The van der Waals surface area contributed by atoms with Crippen LogP contribution in [0.5, 0.6) is 5.75 Å². The smallest absolute Gasteiger partial charge is 0.127 e. The highest BCUT2D eigenvalue weighted by atomic mass is 16.5. The SMILES string of the molecule is NCCCCCCCCOc1ccc(-c2ccccc2)cc1-c1ccccc1. The first-order chi connectivity index (χ1) is 13.9. The van der Waals surface area contributed by atoms with Gasteiger partial charge in [-0.15, -0.1) is 0 Å². The minimum Gasteiger partial charge on any atom is -0.493 e. The molecule has 0 fully saturated rings. The Morgan fingerprint density at radius 1 is 0.571 bits per heavy atom. The number of benzene rings is 3. The fraction of sp³-hybridized carbons (Fsp3) is 0.308. The number of hydrogen-bond donors (Lipinski definition) is 1. The van der Waals surface area contributed by atoms with Crippen LogP contribution in [0.2, 0.25) is 0 Å². The van der Waals surface area contributed by atoms with Crippen molar-refractivity contribution in [3.63, 3.8) is 0 Å². The van der Waals surface area contributed by atoms with E-state index in [1.807, 2.05) is 0 Å². The van der Waals surface area contributed by atoms with Gasteiger partial charge in [0, 0.05) is 5.56 Å². The van der Waals surface area contributed by atoms with Crippen molar-refractivity contribution in [2.75, 3.05) is 13.2 Å². The van der Waals surface area contributed by atoms with Gasteiger partial charge in [0.2, 0.25) is 0 Å². The number of hydrogen-bond acceptors (Lipinski definition) is 2. The van der Waals surface area contributed by atoms with Crippen molar-refractivity contribution >= 4 is 0 Å². The second kappa shape index (κ2) is 11.3. The summed E-state index contributed by atoms with van der Waals surface area (Å²) >= 11 is 0. The van der Waals surface area contributed by atoms with Gasteiger partial charge >= 0.3 is 0 Å². The molecular formula is C26H31NO. The Balaban J connectivity index is 1.67. The molecule has 3 aromatic carbocycles. The molecule has 28 heavy (non-hydrogen) atoms. The molecule has 2 N–H and O–H groups in total. The van der Waals surface area contributed by atoms with Crippen LogP contribution in [0.25, 0.3) is 22.3 Å². The first-order valence-electron chi connectivity index (χ1n) is 10.5. The van der Waals surface area contributed by atoms with Gasteiger partial charge in [-0.25, -0.2) is 0 Å². The van der Waals surface area contributed by atoms with E-state index in [9.17, 15) is 0 Å². The highest BCUT2D eigenvalue weighted by Gasteiger charge is 2.09. The summed E-state index contributed by atoms with van der Waals surface area (Å²) in [6.45, 7) is 1.58. The highest BCUT2D eigenvalue weighted by Crippen LogP contribution is 2.34. The van der Waals surface area contributed by atoms with Crippen LogP contribution in [-0.2, 0) is 0 Å². The lowest BCUT2D eigenvalue weighted by Gasteiger charge is -2.14. The zero-order chi connectivity index (χ0) is 19.4. The third-order valence-corrected chi connectivity index (χ3v) is 5.03.